The van der Waals surface area contributed by atoms with Gasteiger partial charge in [-0.3, -0.25) is 4.79 Å². The van der Waals surface area contributed by atoms with Gasteiger partial charge >= 0.3 is 5.97 Å². The second kappa shape index (κ2) is 7.62. The number of allylic oxidation sites excluding steroid dienone is 1. The SMILES string of the molecule is CCC/C(=C\CC(=O)O)c1ccc(OC(C)C)cc1. The number of ether oxygens (including phenoxy) is 1. The first-order valence-corrected chi connectivity index (χ1v) is 6.70. The maximum Gasteiger partial charge on any atom is 0.307 e. The summed E-state index contributed by atoms with van der Waals surface area (Å²) in [7, 11) is 0. The fraction of sp³-hybridized carbons (Fsp3) is 0.438. The minimum Gasteiger partial charge on any atom is -0.491 e. The lowest BCUT2D eigenvalue weighted by Gasteiger charge is -2.11. The number of hydrogen-bond donors (Lipinski definition) is 1. The average molecular weight is 262 g/mol. The largest absolute Gasteiger partial charge is 0.491 e. The van der Waals surface area contributed by atoms with E-state index in [9.17, 15) is 4.79 Å². The predicted molar refractivity (Wildman–Crippen MR) is 77.3 cm³/mol. The summed E-state index contributed by atoms with van der Waals surface area (Å²) >= 11 is 0. The molecule has 1 aromatic rings. The Labute approximate surface area is 114 Å². The molecule has 0 bridgehead atoms. The van der Waals surface area contributed by atoms with Crippen LogP contribution in [0.25, 0.3) is 5.57 Å². The van der Waals surface area contributed by atoms with Gasteiger partial charge in [0.05, 0.1) is 12.5 Å². The number of rotatable bonds is 7. The van der Waals surface area contributed by atoms with Gasteiger partial charge in [-0.15, -0.1) is 0 Å². The molecule has 104 valence electrons. The molecule has 3 nitrogen and oxygen atoms in total. The standard InChI is InChI=1S/C16H22O3/c1-4-5-13(8-11-16(17)18)14-6-9-15(10-7-14)19-12(2)3/h6-10,12H,4-5,11H2,1-3H3,(H,17,18)/b13-8+. The molecule has 0 spiro atoms. The molecule has 0 radical (unpaired) electrons. The molecule has 0 saturated heterocycles. The van der Waals surface area contributed by atoms with Crippen LogP contribution in [-0.4, -0.2) is 17.2 Å². The monoisotopic (exact) mass is 262 g/mol. The van der Waals surface area contributed by atoms with Gasteiger partial charge in [0.15, 0.2) is 0 Å². The van der Waals surface area contributed by atoms with Crippen molar-refractivity contribution in [2.75, 3.05) is 0 Å². The zero-order chi connectivity index (χ0) is 14.3. The van der Waals surface area contributed by atoms with Gasteiger partial charge in [0.1, 0.15) is 5.75 Å². The number of carboxylic acids is 1. The van der Waals surface area contributed by atoms with E-state index in [1.165, 1.54) is 0 Å². The quantitative estimate of drug-likeness (QED) is 0.803. The van der Waals surface area contributed by atoms with Crippen molar-refractivity contribution in [2.24, 2.45) is 0 Å². The van der Waals surface area contributed by atoms with E-state index in [0.29, 0.717) is 0 Å². The third-order valence-corrected chi connectivity index (χ3v) is 2.64. The maximum absolute atomic E-state index is 10.7. The summed E-state index contributed by atoms with van der Waals surface area (Å²) in [5.41, 5.74) is 2.15. The van der Waals surface area contributed by atoms with E-state index in [-0.39, 0.29) is 12.5 Å². The summed E-state index contributed by atoms with van der Waals surface area (Å²) in [5.74, 6) is 0.0428. The van der Waals surface area contributed by atoms with Gasteiger partial charge in [-0.25, -0.2) is 0 Å². The summed E-state index contributed by atoms with van der Waals surface area (Å²) < 4.78 is 5.59. The molecule has 0 fully saturated rings. The van der Waals surface area contributed by atoms with Crippen molar-refractivity contribution >= 4 is 11.5 Å². The summed E-state index contributed by atoms with van der Waals surface area (Å²) in [6.45, 7) is 6.07. The van der Waals surface area contributed by atoms with Crippen LogP contribution in [0.3, 0.4) is 0 Å². The lowest BCUT2D eigenvalue weighted by molar-refractivity contribution is -0.135. The van der Waals surface area contributed by atoms with Crippen LogP contribution in [0.1, 0.15) is 45.6 Å². The fourth-order valence-corrected chi connectivity index (χ4v) is 1.86. The molecule has 0 amide bonds. The highest BCUT2D eigenvalue weighted by Crippen LogP contribution is 2.23. The second-order valence-corrected chi connectivity index (χ2v) is 4.77. The molecular formula is C16H22O3. The molecule has 0 aliphatic rings. The minimum atomic E-state index is -0.798. The third kappa shape index (κ3) is 5.60. The Hall–Kier alpha value is -1.77. The van der Waals surface area contributed by atoms with Gasteiger partial charge < -0.3 is 9.84 Å². The number of carboxylic acid groups (broad SMARTS) is 1. The molecule has 1 rings (SSSR count). The molecule has 0 atom stereocenters. The predicted octanol–water partition coefficient (Wildman–Crippen LogP) is 4.13. The highest BCUT2D eigenvalue weighted by atomic mass is 16.5. The van der Waals surface area contributed by atoms with Gasteiger partial charge in [0.25, 0.3) is 0 Å². The van der Waals surface area contributed by atoms with Crippen molar-refractivity contribution in [2.45, 2.75) is 46.1 Å². The first kappa shape index (κ1) is 15.3. The minimum absolute atomic E-state index is 0.0690. The lowest BCUT2D eigenvalue weighted by atomic mass is 10.00. The van der Waals surface area contributed by atoms with Gasteiger partial charge in [-0.1, -0.05) is 31.6 Å². The summed E-state index contributed by atoms with van der Waals surface area (Å²) in [6, 6.07) is 7.83. The van der Waals surface area contributed by atoms with Gasteiger partial charge in [-0.2, -0.15) is 0 Å². The van der Waals surface area contributed by atoms with Crippen LogP contribution in [-0.2, 0) is 4.79 Å². The van der Waals surface area contributed by atoms with Crippen molar-refractivity contribution in [1.82, 2.24) is 0 Å². The molecule has 19 heavy (non-hydrogen) atoms. The van der Waals surface area contributed by atoms with Crippen LogP contribution in [0.2, 0.25) is 0 Å². The molecule has 1 aromatic carbocycles. The fourth-order valence-electron chi connectivity index (χ4n) is 1.86. The second-order valence-electron chi connectivity index (χ2n) is 4.77. The molecule has 0 heterocycles. The first-order valence-electron chi connectivity index (χ1n) is 6.70. The van der Waals surface area contributed by atoms with Crippen molar-refractivity contribution in [3.8, 4) is 5.75 Å². The Morgan fingerprint density at radius 3 is 2.42 bits per heavy atom. The summed E-state index contributed by atoms with van der Waals surface area (Å²) in [6.07, 6.45) is 3.90. The molecule has 1 N–H and O–H groups in total. The molecule has 0 saturated carbocycles. The van der Waals surface area contributed by atoms with Crippen LogP contribution >= 0.6 is 0 Å². The van der Waals surface area contributed by atoms with Crippen molar-refractivity contribution in [3.05, 3.63) is 35.9 Å². The van der Waals surface area contributed by atoms with E-state index in [4.69, 9.17) is 9.84 Å². The third-order valence-electron chi connectivity index (χ3n) is 2.64. The molecule has 0 unspecified atom stereocenters. The maximum atomic E-state index is 10.7. The average Bonchev–Trinajstić information content (AvgIpc) is 2.34. The zero-order valence-corrected chi connectivity index (χ0v) is 11.8. The summed E-state index contributed by atoms with van der Waals surface area (Å²) in [4.78, 5) is 10.7. The number of hydrogen-bond acceptors (Lipinski definition) is 2. The van der Waals surface area contributed by atoms with E-state index in [0.717, 1.165) is 29.7 Å². The molecule has 3 heteroatoms. The Morgan fingerprint density at radius 1 is 1.32 bits per heavy atom. The first-order chi connectivity index (χ1) is 9.02. The molecular weight excluding hydrogens is 240 g/mol. The van der Waals surface area contributed by atoms with E-state index >= 15 is 0 Å². The Morgan fingerprint density at radius 2 is 1.95 bits per heavy atom. The topological polar surface area (TPSA) is 46.5 Å². The number of aliphatic carboxylic acids is 1. The Bertz CT molecular complexity index is 430. The molecule has 0 aromatic heterocycles. The number of carbonyl (C=O) groups is 1. The van der Waals surface area contributed by atoms with E-state index < -0.39 is 5.97 Å². The Balaban J connectivity index is 2.84. The van der Waals surface area contributed by atoms with Crippen molar-refractivity contribution in [3.63, 3.8) is 0 Å². The van der Waals surface area contributed by atoms with Crippen LogP contribution in [0, 0.1) is 0 Å². The van der Waals surface area contributed by atoms with E-state index in [1.54, 1.807) is 6.08 Å². The van der Waals surface area contributed by atoms with Crippen LogP contribution in [0.15, 0.2) is 30.3 Å². The van der Waals surface area contributed by atoms with Gasteiger partial charge in [-0.05, 0) is 43.5 Å². The lowest BCUT2D eigenvalue weighted by Crippen LogP contribution is -2.05. The molecule has 0 aliphatic carbocycles. The normalized spacial score (nSPS) is 11.7. The Kier molecular flexibility index (Phi) is 6.13. The number of benzene rings is 1. The summed E-state index contributed by atoms with van der Waals surface area (Å²) in [5, 5.41) is 8.76. The highest BCUT2D eigenvalue weighted by molar-refractivity contribution is 5.74. The smallest absolute Gasteiger partial charge is 0.307 e. The molecule has 0 aliphatic heterocycles. The van der Waals surface area contributed by atoms with Crippen LogP contribution < -0.4 is 4.74 Å². The van der Waals surface area contributed by atoms with Crippen LogP contribution in [0.4, 0.5) is 0 Å². The van der Waals surface area contributed by atoms with Crippen LogP contribution in [0.5, 0.6) is 5.75 Å². The van der Waals surface area contributed by atoms with Crippen molar-refractivity contribution in [1.29, 1.82) is 0 Å². The highest BCUT2D eigenvalue weighted by Gasteiger charge is 2.04. The van der Waals surface area contributed by atoms with Gasteiger partial charge in [0.2, 0.25) is 0 Å². The van der Waals surface area contributed by atoms with Crippen molar-refractivity contribution < 1.29 is 14.6 Å². The van der Waals surface area contributed by atoms with Gasteiger partial charge in [0, 0.05) is 0 Å². The van der Waals surface area contributed by atoms with E-state index in [2.05, 4.69) is 6.92 Å². The van der Waals surface area contributed by atoms with E-state index in [1.807, 2.05) is 38.1 Å². The zero-order valence-electron chi connectivity index (χ0n) is 11.8.